The van der Waals surface area contributed by atoms with Crippen LogP contribution >= 0.6 is 0 Å². The standard InChI is InChI=1S/C15H21N3O2/c1-10(16-4)11-5-7-12(8-6-11)18-9-13(19)17-14(20)15(18,2)3/h5-8,10,16H,9H2,1-4H3,(H,17,19,20). The number of nitrogens with zero attached hydrogens (tertiary/aromatic N) is 1. The van der Waals surface area contributed by atoms with E-state index in [4.69, 9.17) is 0 Å². The van der Waals surface area contributed by atoms with Crippen LogP contribution in [-0.4, -0.2) is 30.9 Å². The highest BCUT2D eigenvalue weighted by Crippen LogP contribution is 2.27. The molecule has 5 nitrogen and oxygen atoms in total. The van der Waals surface area contributed by atoms with Crippen LogP contribution in [0, 0.1) is 0 Å². The minimum Gasteiger partial charge on any atom is -0.348 e. The summed E-state index contributed by atoms with van der Waals surface area (Å²) in [7, 11) is 1.91. The first-order valence-electron chi connectivity index (χ1n) is 6.75. The molecule has 0 aromatic heterocycles. The zero-order chi connectivity index (χ0) is 14.9. The van der Waals surface area contributed by atoms with E-state index < -0.39 is 5.54 Å². The second-order valence-corrected chi connectivity index (χ2v) is 5.62. The smallest absolute Gasteiger partial charge is 0.251 e. The van der Waals surface area contributed by atoms with Gasteiger partial charge < -0.3 is 10.2 Å². The fourth-order valence-electron chi connectivity index (χ4n) is 2.31. The lowest BCUT2D eigenvalue weighted by atomic mass is 9.97. The number of carbonyl (C=O) groups excluding carboxylic acids is 2. The molecule has 1 aliphatic heterocycles. The Morgan fingerprint density at radius 1 is 1.25 bits per heavy atom. The second-order valence-electron chi connectivity index (χ2n) is 5.62. The summed E-state index contributed by atoms with van der Waals surface area (Å²) in [5.74, 6) is -0.525. The van der Waals surface area contributed by atoms with Crippen molar-refractivity contribution in [2.45, 2.75) is 32.4 Å². The maximum Gasteiger partial charge on any atom is 0.251 e. The Kier molecular flexibility index (Phi) is 3.81. The number of hydrogen-bond acceptors (Lipinski definition) is 4. The molecule has 1 fully saturated rings. The van der Waals surface area contributed by atoms with Crippen LogP contribution in [0.1, 0.15) is 32.4 Å². The van der Waals surface area contributed by atoms with Gasteiger partial charge >= 0.3 is 0 Å². The Bertz CT molecular complexity index is 522. The summed E-state index contributed by atoms with van der Waals surface area (Å²) in [4.78, 5) is 25.4. The van der Waals surface area contributed by atoms with Gasteiger partial charge in [0.05, 0.1) is 6.54 Å². The Balaban J connectivity index is 2.30. The highest BCUT2D eigenvalue weighted by molar-refractivity contribution is 6.06. The summed E-state index contributed by atoms with van der Waals surface area (Å²) < 4.78 is 0. The van der Waals surface area contributed by atoms with Gasteiger partial charge in [-0.25, -0.2) is 0 Å². The van der Waals surface area contributed by atoms with Crippen LogP contribution in [0.5, 0.6) is 0 Å². The summed E-state index contributed by atoms with van der Waals surface area (Å²) in [6.45, 7) is 5.91. The van der Waals surface area contributed by atoms with Crippen molar-refractivity contribution in [2.75, 3.05) is 18.5 Å². The summed E-state index contributed by atoms with van der Waals surface area (Å²) in [6, 6.07) is 8.21. The van der Waals surface area contributed by atoms with Crippen molar-refractivity contribution in [3.8, 4) is 0 Å². The number of amides is 2. The molecule has 0 spiro atoms. The maximum absolute atomic E-state index is 11.9. The van der Waals surface area contributed by atoms with E-state index in [1.807, 2.05) is 50.1 Å². The molecule has 2 amide bonds. The average molecular weight is 275 g/mol. The van der Waals surface area contributed by atoms with Gasteiger partial charge in [0.2, 0.25) is 5.91 Å². The lowest BCUT2D eigenvalue weighted by Crippen LogP contribution is -2.64. The Labute approximate surface area is 119 Å². The van der Waals surface area contributed by atoms with E-state index in [-0.39, 0.29) is 24.4 Å². The third-order valence-electron chi connectivity index (χ3n) is 3.92. The van der Waals surface area contributed by atoms with Crippen LogP contribution < -0.4 is 15.5 Å². The Hall–Kier alpha value is -1.88. The zero-order valence-electron chi connectivity index (χ0n) is 12.4. The third-order valence-corrected chi connectivity index (χ3v) is 3.92. The van der Waals surface area contributed by atoms with Crippen LogP contribution in [0.15, 0.2) is 24.3 Å². The fraction of sp³-hybridized carbons (Fsp3) is 0.467. The Morgan fingerprint density at radius 2 is 1.85 bits per heavy atom. The number of benzene rings is 1. The number of carbonyl (C=O) groups is 2. The highest BCUT2D eigenvalue weighted by Gasteiger charge is 2.40. The van der Waals surface area contributed by atoms with E-state index in [9.17, 15) is 9.59 Å². The van der Waals surface area contributed by atoms with E-state index >= 15 is 0 Å². The minimum atomic E-state index is -0.732. The van der Waals surface area contributed by atoms with Gasteiger partial charge in [0.1, 0.15) is 5.54 Å². The molecule has 2 N–H and O–H groups in total. The zero-order valence-corrected chi connectivity index (χ0v) is 12.4. The number of imide groups is 1. The molecule has 5 heteroatoms. The number of rotatable bonds is 3. The van der Waals surface area contributed by atoms with E-state index in [1.165, 1.54) is 5.56 Å². The van der Waals surface area contributed by atoms with Gasteiger partial charge in [0.25, 0.3) is 5.91 Å². The molecule has 20 heavy (non-hydrogen) atoms. The van der Waals surface area contributed by atoms with Crippen molar-refractivity contribution in [2.24, 2.45) is 0 Å². The SMILES string of the molecule is CNC(C)c1ccc(N2CC(=O)NC(=O)C2(C)C)cc1. The highest BCUT2D eigenvalue weighted by atomic mass is 16.2. The predicted molar refractivity (Wildman–Crippen MR) is 78.5 cm³/mol. The summed E-state index contributed by atoms with van der Waals surface area (Å²) >= 11 is 0. The summed E-state index contributed by atoms with van der Waals surface area (Å²) in [6.07, 6.45) is 0. The van der Waals surface area contributed by atoms with Gasteiger partial charge in [-0.05, 0) is 45.5 Å². The van der Waals surface area contributed by atoms with E-state index in [0.29, 0.717) is 0 Å². The van der Waals surface area contributed by atoms with Gasteiger partial charge in [-0.15, -0.1) is 0 Å². The number of nitrogens with one attached hydrogen (secondary N) is 2. The van der Waals surface area contributed by atoms with Crippen LogP contribution in [0.4, 0.5) is 5.69 Å². The van der Waals surface area contributed by atoms with Crippen molar-refractivity contribution < 1.29 is 9.59 Å². The molecular formula is C15H21N3O2. The lowest BCUT2D eigenvalue weighted by molar-refractivity contribution is -0.135. The first-order valence-corrected chi connectivity index (χ1v) is 6.75. The molecule has 1 aromatic rings. The van der Waals surface area contributed by atoms with Crippen LogP contribution in [0.25, 0.3) is 0 Å². The quantitative estimate of drug-likeness (QED) is 0.814. The van der Waals surface area contributed by atoms with E-state index in [2.05, 4.69) is 17.6 Å². The summed E-state index contributed by atoms with van der Waals surface area (Å²) in [5.41, 5.74) is 1.32. The largest absolute Gasteiger partial charge is 0.348 e. The van der Waals surface area contributed by atoms with Gasteiger partial charge in [-0.3, -0.25) is 14.9 Å². The predicted octanol–water partition coefficient (Wildman–Crippen LogP) is 1.21. The van der Waals surface area contributed by atoms with Crippen molar-refractivity contribution >= 4 is 17.5 Å². The number of piperazine rings is 1. The van der Waals surface area contributed by atoms with Crippen molar-refractivity contribution in [1.29, 1.82) is 0 Å². The molecule has 1 atom stereocenters. The van der Waals surface area contributed by atoms with Crippen molar-refractivity contribution in [3.05, 3.63) is 29.8 Å². The molecule has 108 valence electrons. The van der Waals surface area contributed by atoms with Crippen LogP contribution in [0.3, 0.4) is 0 Å². The first-order chi connectivity index (χ1) is 9.36. The normalized spacial score (nSPS) is 19.7. The molecule has 0 radical (unpaired) electrons. The molecule has 1 unspecified atom stereocenters. The fourth-order valence-corrected chi connectivity index (χ4v) is 2.31. The number of hydrogen-bond donors (Lipinski definition) is 2. The third kappa shape index (κ3) is 2.54. The second kappa shape index (κ2) is 5.25. The number of anilines is 1. The topological polar surface area (TPSA) is 61.4 Å². The monoisotopic (exact) mass is 275 g/mol. The van der Waals surface area contributed by atoms with Crippen LogP contribution in [-0.2, 0) is 9.59 Å². The van der Waals surface area contributed by atoms with Crippen molar-refractivity contribution in [1.82, 2.24) is 10.6 Å². The van der Waals surface area contributed by atoms with E-state index in [1.54, 1.807) is 0 Å². The van der Waals surface area contributed by atoms with E-state index in [0.717, 1.165) is 5.69 Å². The lowest BCUT2D eigenvalue weighted by Gasteiger charge is -2.41. The van der Waals surface area contributed by atoms with Gasteiger partial charge in [-0.1, -0.05) is 12.1 Å². The van der Waals surface area contributed by atoms with Gasteiger partial charge in [0.15, 0.2) is 0 Å². The first kappa shape index (κ1) is 14.5. The molecular weight excluding hydrogens is 254 g/mol. The molecule has 0 saturated carbocycles. The molecule has 1 aromatic carbocycles. The minimum absolute atomic E-state index is 0.194. The average Bonchev–Trinajstić information content (AvgIpc) is 2.42. The molecule has 2 rings (SSSR count). The van der Waals surface area contributed by atoms with Gasteiger partial charge in [0, 0.05) is 11.7 Å². The molecule has 1 aliphatic rings. The van der Waals surface area contributed by atoms with Crippen molar-refractivity contribution in [3.63, 3.8) is 0 Å². The molecule has 0 aliphatic carbocycles. The summed E-state index contributed by atoms with van der Waals surface area (Å²) in [5, 5.41) is 5.56. The molecule has 1 heterocycles. The maximum atomic E-state index is 11.9. The van der Waals surface area contributed by atoms with Crippen LogP contribution in [0.2, 0.25) is 0 Å². The Morgan fingerprint density at radius 3 is 2.40 bits per heavy atom. The molecule has 1 saturated heterocycles. The van der Waals surface area contributed by atoms with Gasteiger partial charge in [-0.2, -0.15) is 0 Å². The molecule has 0 bridgehead atoms.